The maximum atomic E-state index is 13.0. The van der Waals surface area contributed by atoms with Gasteiger partial charge in [0.25, 0.3) is 5.56 Å². The van der Waals surface area contributed by atoms with Crippen LogP contribution in [0.25, 0.3) is 20.7 Å². The van der Waals surface area contributed by atoms with Crippen LogP contribution in [0.5, 0.6) is 0 Å². The Labute approximate surface area is 175 Å². The molecule has 4 aromatic heterocycles. The summed E-state index contributed by atoms with van der Waals surface area (Å²) >= 11 is 3.77. The van der Waals surface area contributed by atoms with Crippen molar-refractivity contribution in [2.75, 3.05) is 11.9 Å². The SMILES string of the molecule is CCOC(=O)c1nnsc1NC(=O)Cn1cnc2scc(-c3cccs3)c2c1=O. The second kappa shape index (κ2) is 8.19. The lowest BCUT2D eigenvalue weighted by Gasteiger charge is -2.07. The predicted molar refractivity (Wildman–Crippen MR) is 112 cm³/mol. The van der Waals surface area contributed by atoms with Crippen molar-refractivity contribution in [3.63, 3.8) is 0 Å². The first-order valence-corrected chi connectivity index (χ1v) is 10.9. The van der Waals surface area contributed by atoms with Crippen LogP contribution >= 0.6 is 34.2 Å². The minimum absolute atomic E-state index is 0.0658. The van der Waals surface area contributed by atoms with E-state index in [4.69, 9.17) is 4.74 Å². The highest BCUT2D eigenvalue weighted by molar-refractivity contribution is 7.18. The molecule has 0 atom stereocenters. The molecular weight excluding hydrogens is 434 g/mol. The fourth-order valence-electron chi connectivity index (χ4n) is 2.62. The average molecular weight is 448 g/mol. The summed E-state index contributed by atoms with van der Waals surface area (Å²) in [4.78, 5) is 43.2. The molecule has 1 N–H and O–H groups in total. The minimum atomic E-state index is -0.671. The van der Waals surface area contributed by atoms with Crippen molar-refractivity contribution in [3.05, 3.63) is 45.3 Å². The number of anilines is 1. The van der Waals surface area contributed by atoms with Gasteiger partial charge in [-0.15, -0.1) is 27.8 Å². The second-order valence-corrected chi connectivity index (χ2v) is 8.26. The van der Waals surface area contributed by atoms with Gasteiger partial charge in [0.2, 0.25) is 11.6 Å². The van der Waals surface area contributed by atoms with Crippen molar-refractivity contribution in [1.29, 1.82) is 0 Å². The molecule has 1 amide bonds. The van der Waals surface area contributed by atoms with Crippen molar-refractivity contribution in [2.45, 2.75) is 13.5 Å². The Morgan fingerprint density at radius 1 is 1.31 bits per heavy atom. The smallest absolute Gasteiger partial charge is 0.362 e. The van der Waals surface area contributed by atoms with E-state index in [2.05, 4.69) is 19.9 Å². The van der Waals surface area contributed by atoms with E-state index in [-0.39, 0.29) is 29.4 Å². The highest BCUT2D eigenvalue weighted by atomic mass is 32.1. The molecule has 9 nitrogen and oxygen atoms in total. The summed E-state index contributed by atoms with van der Waals surface area (Å²) in [5.41, 5.74) is 0.440. The summed E-state index contributed by atoms with van der Waals surface area (Å²) in [6.45, 7) is 1.58. The number of hydrogen-bond donors (Lipinski definition) is 1. The maximum Gasteiger partial charge on any atom is 0.362 e. The number of carbonyl (C=O) groups is 2. The number of nitrogens with one attached hydrogen (secondary N) is 1. The fourth-order valence-corrected chi connectivity index (χ4v) is 4.92. The quantitative estimate of drug-likeness (QED) is 0.452. The van der Waals surface area contributed by atoms with Crippen LogP contribution in [0.15, 0.2) is 34.0 Å². The lowest BCUT2D eigenvalue weighted by Crippen LogP contribution is -2.28. The highest BCUT2D eigenvalue weighted by Crippen LogP contribution is 2.33. The van der Waals surface area contributed by atoms with Gasteiger partial charge in [0.05, 0.1) is 18.3 Å². The third kappa shape index (κ3) is 3.81. The van der Waals surface area contributed by atoms with Gasteiger partial charge in [0.1, 0.15) is 11.4 Å². The third-order valence-corrected chi connectivity index (χ3v) is 6.30. The van der Waals surface area contributed by atoms with E-state index in [0.29, 0.717) is 10.2 Å². The summed E-state index contributed by atoms with van der Waals surface area (Å²) in [5, 5.41) is 10.7. The molecule has 0 aliphatic carbocycles. The zero-order valence-corrected chi connectivity index (χ0v) is 17.4. The Morgan fingerprint density at radius 2 is 2.17 bits per heavy atom. The molecule has 0 bridgehead atoms. The van der Waals surface area contributed by atoms with E-state index in [0.717, 1.165) is 22.0 Å². The molecule has 0 saturated carbocycles. The lowest BCUT2D eigenvalue weighted by atomic mass is 10.2. The summed E-state index contributed by atoms with van der Waals surface area (Å²) in [6.07, 6.45) is 1.34. The number of aromatic nitrogens is 4. The Morgan fingerprint density at radius 3 is 2.93 bits per heavy atom. The third-order valence-electron chi connectivity index (χ3n) is 3.87. The molecule has 29 heavy (non-hydrogen) atoms. The molecule has 0 aromatic carbocycles. The molecule has 4 aromatic rings. The van der Waals surface area contributed by atoms with Crippen molar-refractivity contribution >= 4 is 61.3 Å². The largest absolute Gasteiger partial charge is 0.461 e. The van der Waals surface area contributed by atoms with Gasteiger partial charge in [-0.05, 0) is 18.4 Å². The summed E-state index contributed by atoms with van der Waals surface area (Å²) in [7, 11) is 0. The van der Waals surface area contributed by atoms with E-state index in [1.807, 2.05) is 22.9 Å². The lowest BCUT2D eigenvalue weighted by molar-refractivity contribution is -0.116. The number of fused-ring (bicyclic) bond motifs is 1. The van der Waals surface area contributed by atoms with E-state index in [1.165, 1.54) is 33.6 Å². The van der Waals surface area contributed by atoms with E-state index < -0.39 is 11.9 Å². The van der Waals surface area contributed by atoms with Gasteiger partial charge in [-0.25, -0.2) is 9.78 Å². The first kappa shape index (κ1) is 19.4. The van der Waals surface area contributed by atoms with Gasteiger partial charge >= 0.3 is 5.97 Å². The number of hydrogen-bond acceptors (Lipinski definition) is 10. The molecule has 148 valence electrons. The van der Waals surface area contributed by atoms with Crippen molar-refractivity contribution in [3.8, 4) is 10.4 Å². The molecular formula is C17H13N5O4S3. The van der Waals surface area contributed by atoms with Crippen LogP contribution in [-0.4, -0.2) is 37.6 Å². The highest BCUT2D eigenvalue weighted by Gasteiger charge is 2.20. The number of thiophene rings is 2. The summed E-state index contributed by atoms with van der Waals surface area (Å²) in [6, 6.07) is 3.85. The van der Waals surface area contributed by atoms with Gasteiger partial charge in [-0.2, -0.15) is 0 Å². The Bertz CT molecular complexity index is 1240. The van der Waals surface area contributed by atoms with Crippen LogP contribution in [0.4, 0.5) is 5.00 Å². The van der Waals surface area contributed by atoms with E-state index in [9.17, 15) is 14.4 Å². The molecule has 0 aliphatic rings. The number of rotatable bonds is 6. The molecule has 4 rings (SSSR count). The Balaban J connectivity index is 1.59. The predicted octanol–water partition coefficient (Wildman–Crippen LogP) is 2.85. The van der Waals surface area contributed by atoms with Gasteiger partial charge in [0, 0.05) is 27.4 Å². The molecule has 0 spiro atoms. The van der Waals surface area contributed by atoms with Gasteiger partial charge in [-0.3, -0.25) is 14.2 Å². The second-order valence-electron chi connectivity index (χ2n) is 5.70. The van der Waals surface area contributed by atoms with Crippen LogP contribution in [0.3, 0.4) is 0 Å². The summed E-state index contributed by atoms with van der Waals surface area (Å²) < 4.78 is 9.80. The first-order valence-electron chi connectivity index (χ1n) is 8.38. The topological polar surface area (TPSA) is 116 Å². The molecule has 0 saturated heterocycles. The zero-order valence-electron chi connectivity index (χ0n) is 14.9. The van der Waals surface area contributed by atoms with E-state index >= 15 is 0 Å². The molecule has 0 unspecified atom stereocenters. The monoisotopic (exact) mass is 447 g/mol. The van der Waals surface area contributed by atoms with Gasteiger partial charge < -0.3 is 10.1 Å². The number of carbonyl (C=O) groups excluding carboxylic acids is 2. The van der Waals surface area contributed by atoms with Crippen LogP contribution in [0, 0.1) is 0 Å². The Hall–Kier alpha value is -2.96. The van der Waals surface area contributed by atoms with Crippen LogP contribution in [-0.2, 0) is 16.1 Å². The normalized spacial score (nSPS) is 10.9. The zero-order chi connectivity index (χ0) is 20.4. The van der Waals surface area contributed by atoms with Crippen LogP contribution < -0.4 is 10.9 Å². The first-order chi connectivity index (χ1) is 14.1. The van der Waals surface area contributed by atoms with Gasteiger partial charge in [-0.1, -0.05) is 10.6 Å². The van der Waals surface area contributed by atoms with Gasteiger partial charge in [0.15, 0.2) is 5.00 Å². The van der Waals surface area contributed by atoms with Crippen molar-refractivity contribution in [1.82, 2.24) is 19.1 Å². The van der Waals surface area contributed by atoms with Crippen LogP contribution in [0.1, 0.15) is 17.4 Å². The summed E-state index contributed by atoms with van der Waals surface area (Å²) in [5.74, 6) is -1.17. The molecule has 12 heteroatoms. The number of esters is 1. The van der Waals surface area contributed by atoms with Crippen molar-refractivity contribution < 1.29 is 14.3 Å². The molecule has 4 heterocycles. The molecule has 0 fully saturated rings. The van der Waals surface area contributed by atoms with E-state index in [1.54, 1.807) is 6.92 Å². The number of amides is 1. The van der Waals surface area contributed by atoms with Crippen LogP contribution in [0.2, 0.25) is 0 Å². The Kier molecular flexibility index (Phi) is 5.47. The molecule has 0 aliphatic heterocycles. The number of ether oxygens (including phenoxy) is 1. The number of nitrogens with zero attached hydrogens (tertiary/aromatic N) is 4. The van der Waals surface area contributed by atoms with Crippen molar-refractivity contribution in [2.24, 2.45) is 0 Å². The molecule has 0 radical (unpaired) electrons. The average Bonchev–Trinajstić information content (AvgIpc) is 3.44. The fraction of sp³-hybridized carbons (Fsp3) is 0.176. The maximum absolute atomic E-state index is 13.0. The minimum Gasteiger partial charge on any atom is -0.461 e. The standard InChI is InChI=1S/C17H13N5O4S3/c1-2-26-17(25)13-15(29-21-20-13)19-11(23)6-22-8-18-14-12(16(22)24)9(7-28-14)10-4-3-5-27-10/h3-5,7-8H,2,6H2,1H3,(H,19,23).